The number of carbonyl (C=O) groups is 1. The van der Waals surface area contributed by atoms with Crippen LogP contribution in [0.5, 0.6) is 5.75 Å². The zero-order valence-corrected chi connectivity index (χ0v) is 17.9. The lowest BCUT2D eigenvalue weighted by Gasteiger charge is -2.34. The van der Waals surface area contributed by atoms with E-state index in [-0.39, 0.29) is 23.1 Å². The Balaban J connectivity index is 1.69. The summed E-state index contributed by atoms with van der Waals surface area (Å²) in [6.07, 6.45) is 1.60. The summed E-state index contributed by atoms with van der Waals surface area (Å²) in [6, 6.07) is 9.18. The molecule has 0 radical (unpaired) electrons. The molecule has 0 spiro atoms. The number of hydrogen-bond acceptors (Lipinski definition) is 5. The molecular formula is C22H30N4O4. The largest absolute Gasteiger partial charge is 0.494 e. The molecular weight excluding hydrogens is 384 g/mol. The fraction of sp³-hybridized carbons (Fsp3) is 0.500. The molecule has 8 nitrogen and oxygen atoms in total. The van der Waals surface area contributed by atoms with Crippen LogP contribution >= 0.6 is 0 Å². The van der Waals surface area contributed by atoms with E-state index in [9.17, 15) is 14.4 Å². The smallest absolute Gasteiger partial charge is 0.332 e. The first-order chi connectivity index (χ1) is 14.4. The Morgan fingerprint density at radius 1 is 1.23 bits per heavy atom. The second-order valence-corrected chi connectivity index (χ2v) is 7.51. The predicted molar refractivity (Wildman–Crippen MR) is 116 cm³/mol. The summed E-state index contributed by atoms with van der Waals surface area (Å²) < 4.78 is 8.20. The predicted octanol–water partition coefficient (Wildman–Crippen LogP) is 1.50. The van der Waals surface area contributed by atoms with Gasteiger partial charge in [-0.1, -0.05) is 12.1 Å². The number of amides is 1. The molecule has 1 aromatic heterocycles. The Hall–Kier alpha value is -3.03. The standard InChI is InChI=1S/C22H30N4O4/c1-4-26-19(13-20(27)24(3)22(26)29)25-11-7-9-17(15-25)21(28)23-14-16-8-6-10-18(12-16)30-5-2/h6,8,10,12-13,17H,4-5,7,9,11,14-15H2,1-3H3,(H,23,28). The summed E-state index contributed by atoms with van der Waals surface area (Å²) in [5.74, 6) is 1.16. The Bertz CT molecular complexity index is 1010. The van der Waals surface area contributed by atoms with Gasteiger partial charge in [-0.25, -0.2) is 4.79 Å². The van der Waals surface area contributed by atoms with Gasteiger partial charge < -0.3 is 15.0 Å². The maximum Gasteiger partial charge on any atom is 0.332 e. The van der Waals surface area contributed by atoms with Crippen molar-refractivity contribution in [3.63, 3.8) is 0 Å². The molecule has 2 heterocycles. The van der Waals surface area contributed by atoms with Crippen molar-refractivity contribution < 1.29 is 9.53 Å². The van der Waals surface area contributed by atoms with Gasteiger partial charge >= 0.3 is 5.69 Å². The first kappa shape index (κ1) is 21.7. The maximum absolute atomic E-state index is 12.8. The molecule has 1 aliphatic rings. The summed E-state index contributed by atoms with van der Waals surface area (Å²) in [4.78, 5) is 39.4. The minimum absolute atomic E-state index is 0.0178. The highest BCUT2D eigenvalue weighted by atomic mass is 16.5. The molecule has 1 aromatic carbocycles. The van der Waals surface area contributed by atoms with E-state index in [4.69, 9.17) is 4.74 Å². The lowest BCUT2D eigenvalue weighted by molar-refractivity contribution is -0.125. The summed E-state index contributed by atoms with van der Waals surface area (Å²) in [5, 5.41) is 3.01. The van der Waals surface area contributed by atoms with Crippen LogP contribution in [0.15, 0.2) is 39.9 Å². The lowest BCUT2D eigenvalue weighted by atomic mass is 9.97. The van der Waals surface area contributed by atoms with E-state index in [2.05, 4.69) is 5.32 Å². The molecule has 1 atom stereocenters. The molecule has 1 N–H and O–H groups in total. The highest BCUT2D eigenvalue weighted by Gasteiger charge is 2.27. The van der Waals surface area contributed by atoms with E-state index in [1.165, 1.54) is 13.1 Å². The Morgan fingerprint density at radius 3 is 2.77 bits per heavy atom. The van der Waals surface area contributed by atoms with Crippen molar-refractivity contribution in [2.24, 2.45) is 13.0 Å². The molecule has 30 heavy (non-hydrogen) atoms. The number of nitrogens with zero attached hydrogens (tertiary/aromatic N) is 3. The van der Waals surface area contributed by atoms with Crippen LogP contribution in [0.2, 0.25) is 0 Å². The average molecular weight is 415 g/mol. The number of piperidine rings is 1. The fourth-order valence-corrected chi connectivity index (χ4v) is 3.86. The first-order valence-corrected chi connectivity index (χ1v) is 10.5. The van der Waals surface area contributed by atoms with Gasteiger partial charge in [0.25, 0.3) is 5.56 Å². The summed E-state index contributed by atoms with van der Waals surface area (Å²) >= 11 is 0. The summed E-state index contributed by atoms with van der Waals surface area (Å²) in [7, 11) is 1.48. The molecule has 8 heteroatoms. The van der Waals surface area contributed by atoms with Crippen molar-refractivity contribution in [1.29, 1.82) is 0 Å². The number of hydrogen-bond donors (Lipinski definition) is 1. The van der Waals surface area contributed by atoms with Crippen molar-refractivity contribution in [2.75, 3.05) is 24.6 Å². The van der Waals surface area contributed by atoms with Gasteiger partial charge in [0.2, 0.25) is 5.91 Å². The quantitative estimate of drug-likeness (QED) is 0.742. The van der Waals surface area contributed by atoms with Gasteiger partial charge in [0.1, 0.15) is 11.6 Å². The van der Waals surface area contributed by atoms with Crippen LogP contribution in [-0.4, -0.2) is 34.7 Å². The average Bonchev–Trinajstić information content (AvgIpc) is 2.76. The third kappa shape index (κ3) is 4.75. The van der Waals surface area contributed by atoms with E-state index in [1.54, 1.807) is 4.57 Å². The van der Waals surface area contributed by atoms with Crippen LogP contribution in [-0.2, 0) is 24.9 Å². The number of anilines is 1. The SMILES string of the molecule is CCOc1cccc(CNC(=O)C2CCCN(c3cc(=O)n(C)c(=O)n3CC)C2)c1. The summed E-state index contributed by atoms with van der Waals surface area (Å²) in [6.45, 7) is 6.50. The molecule has 0 bridgehead atoms. The van der Waals surface area contributed by atoms with Crippen molar-refractivity contribution in [2.45, 2.75) is 39.8 Å². The Labute approximate surface area is 176 Å². The topological polar surface area (TPSA) is 85.6 Å². The van der Waals surface area contributed by atoms with Crippen molar-refractivity contribution in [1.82, 2.24) is 14.5 Å². The molecule has 1 saturated heterocycles. The van der Waals surface area contributed by atoms with E-state index in [0.717, 1.165) is 28.7 Å². The number of ether oxygens (including phenoxy) is 1. The number of aromatic nitrogens is 2. The Morgan fingerprint density at radius 2 is 2.03 bits per heavy atom. The van der Waals surface area contributed by atoms with Gasteiger partial charge in [0.05, 0.1) is 12.5 Å². The van der Waals surface area contributed by atoms with Gasteiger partial charge in [-0.05, 0) is 44.4 Å². The molecule has 1 fully saturated rings. The normalized spacial score (nSPS) is 16.4. The first-order valence-electron chi connectivity index (χ1n) is 10.5. The van der Waals surface area contributed by atoms with Crippen molar-refractivity contribution in [3.05, 3.63) is 56.7 Å². The van der Waals surface area contributed by atoms with Crippen LogP contribution in [0.25, 0.3) is 0 Å². The number of carbonyl (C=O) groups excluding carboxylic acids is 1. The molecule has 0 aliphatic carbocycles. The lowest BCUT2D eigenvalue weighted by Crippen LogP contribution is -2.47. The maximum atomic E-state index is 12.8. The van der Waals surface area contributed by atoms with Gasteiger partial charge in [0.15, 0.2) is 0 Å². The third-order valence-corrected chi connectivity index (χ3v) is 5.49. The van der Waals surface area contributed by atoms with E-state index in [1.807, 2.05) is 43.0 Å². The zero-order valence-electron chi connectivity index (χ0n) is 17.9. The molecule has 2 aromatic rings. The van der Waals surface area contributed by atoms with Crippen LogP contribution in [0.1, 0.15) is 32.3 Å². The monoisotopic (exact) mass is 414 g/mol. The molecule has 1 amide bonds. The number of benzene rings is 1. The number of nitrogens with one attached hydrogen (secondary N) is 1. The zero-order chi connectivity index (χ0) is 21.7. The molecule has 1 aliphatic heterocycles. The summed E-state index contributed by atoms with van der Waals surface area (Å²) in [5.41, 5.74) is 0.314. The second kappa shape index (κ2) is 9.65. The fourth-order valence-electron chi connectivity index (χ4n) is 3.86. The minimum Gasteiger partial charge on any atom is -0.494 e. The third-order valence-electron chi connectivity index (χ3n) is 5.49. The van der Waals surface area contributed by atoms with E-state index < -0.39 is 0 Å². The minimum atomic E-state index is -0.333. The highest BCUT2D eigenvalue weighted by Crippen LogP contribution is 2.22. The van der Waals surface area contributed by atoms with Gasteiger partial charge in [-0.15, -0.1) is 0 Å². The van der Waals surface area contributed by atoms with Gasteiger partial charge in [-0.3, -0.25) is 18.7 Å². The van der Waals surface area contributed by atoms with E-state index >= 15 is 0 Å². The van der Waals surface area contributed by atoms with Crippen LogP contribution in [0, 0.1) is 5.92 Å². The van der Waals surface area contributed by atoms with Gasteiger partial charge in [0, 0.05) is 39.3 Å². The van der Waals surface area contributed by atoms with Crippen molar-refractivity contribution in [3.8, 4) is 5.75 Å². The molecule has 0 saturated carbocycles. The van der Waals surface area contributed by atoms with Gasteiger partial charge in [-0.2, -0.15) is 0 Å². The van der Waals surface area contributed by atoms with Crippen LogP contribution < -0.4 is 26.2 Å². The Kier molecular flexibility index (Phi) is 6.97. The molecule has 1 unspecified atom stereocenters. The van der Waals surface area contributed by atoms with Crippen LogP contribution in [0.4, 0.5) is 5.82 Å². The number of rotatable bonds is 7. The van der Waals surface area contributed by atoms with E-state index in [0.29, 0.717) is 38.6 Å². The highest BCUT2D eigenvalue weighted by molar-refractivity contribution is 5.79. The second-order valence-electron chi connectivity index (χ2n) is 7.51. The molecule has 3 rings (SSSR count). The van der Waals surface area contributed by atoms with Crippen molar-refractivity contribution >= 4 is 11.7 Å². The van der Waals surface area contributed by atoms with Crippen LogP contribution in [0.3, 0.4) is 0 Å². The molecule has 162 valence electrons.